The van der Waals surface area contributed by atoms with Crippen LogP contribution in [0.4, 0.5) is 0 Å². The predicted molar refractivity (Wildman–Crippen MR) is 112 cm³/mol. The smallest absolute Gasteiger partial charge is 0.314 e. The molecule has 0 fully saturated rings. The maximum Gasteiger partial charge on any atom is 0.314 e. The molecular formula is C24H34O4. The first-order chi connectivity index (χ1) is 13.2. The second-order valence-corrected chi connectivity index (χ2v) is 7.06. The Morgan fingerprint density at radius 3 is 1.25 bits per heavy atom. The highest BCUT2D eigenvalue weighted by Crippen LogP contribution is 2.21. The van der Waals surface area contributed by atoms with Crippen molar-refractivity contribution >= 4 is 11.9 Å². The molecule has 28 heavy (non-hydrogen) atoms. The third-order valence-corrected chi connectivity index (χ3v) is 3.92. The van der Waals surface area contributed by atoms with Crippen molar-refractivity contribution in [2.24, 2.45) is 11.8 Å². The lowest BCUT2D eigenvalue weighted by Crippen LogP contribution is -2.19. The summed E-state index contributed by atoms with van der Waals surface area (Å²) in [7, 11) is 2.75. The Labute approximate surface area is 170 Å². The molecule has 0 saturated heterocycles. The molecule has 0 aromatic carbocycles. The van der Waals surface area contributed by atoms with Crippen molar-refractivity contribution in [1.29, 1.82) is 0 Å². The predicted octanol–water partition coefficient (Wildman–Crippen LogP) is 5.15. The Kier molecular flexibility index (Phi) is 12.5. The van der Waals surface area contributed by atoms with Gasteiger partial charge >= 0.3 is 11.9 Å². The number of carbonyl (C=O) groups excluding carboxylic acids is 2. The average Bonchev–Trinajstić information content (AvgIpc) is 2.64. The molecular weight excluding hydrogens is 352 g/mol. The molecule has 0 bridgehead atoms. The van der Waals surface area contributed by atoms with Gasteiger partial charge in [0.1, 0.15) is 0 Å². The van der Waals surface area contributed by atoms with Gasteiger partial charge in [0, 0.05) is 0 Å². The van der Waals surface area contributed by atoms with Gasteiger partial charge in [0.15, 0.2) is 0 Å². The second-order valence-electron chi connectivity index (χ2n) is 7.06. The summed E-state index contributed by atoms with van der Waals surface area (Å²) in [4.78, 5) is 24.6. The summed E-state index contributed by atoms with van der Waals surface area (Å²) in [5, 5.41) is 0. The van der Waals surface area contributed by atoms with Gasteiger partial charge in [0.2, 0.25) is 0 Å². The van der Waals surface area contributed by atoms with Crippen molar-refractivity contribution in [2.45, 2.75) is 67.2 Å². The molecule has 2 unspecified atom stereocenters. The summed E-state index contributed by atoms with van der Waals surface area (Å²) in [6, 6.07) is 0. The van der Waals surface area contributed by atoms with E-state index in [4.69, 9.17) is 9.47 Å². The number of carbonyl (C=O) groups is 2. The molecule has 0 saturated carbocycles. The van der Waals surface area contributed by atoms with Crippen molar-refractivity contribution in [2.75, 3.05) is 14.2 Å². The van der Waals surface area contributed by atoms with Gasteiger partial charge in [-0.05, 0) is 51.7 Å². The van der Waals surface area contributed by atoms with Crippen molar-refractivity contribution < 1.29 is 19.1 Å². The molecule has 0 radical (unpaired) electrons. The van der Waals surface area contributed by atoms with Crippen molar-refractivity contribution in [1.82, 2.24) is 0 Å². The molecule has 0 aromatic heterocycles. The van der Waals surface area contributed by atoms with Crippen LogP contribution in [0.2, 0.25) is 0 Å². The zero-order chi connectivity index (χ0) is 21.7. The highest BCUT2D eigenvalue weighted by molar-refractivity contribution is 5.79. The largest absolute Gasteiger partial charge is 0.469 e. The van der Waals surface area contributed by atoms with Crippen molar-refractivity contribution in [3.8, 4) is 11.8 Å². The number of rotatable bonds is 8. The normalized spacial score (nSPS) is 11.6. The van der Waals surface area contributed by atoms with Gasteiger partial charge < -0.3 is 9.47 Å². The second kappa shape index (κ2) is 13.7. The molecule has 4 heteroatoms. The Balaban J connectivity index is 6.49. The van der Waals surface area contributed by atoms with Crippen LogP contribution in [0.25, 0.3) is 0 Å². The molecule has 0 aromatic rings. The summed E-state index contributed by atoms with van der Waals surface area (Å²) >= 11 is 0. The van der Waals surface area contributed by atoms with E-state index in [0.717, 1.165) is 24.0 Å². The van der Waals surface area contributed by atoms with Crippen LogP contribution in [0.15, 0.2) is 33.8 Å². The number of methoxy groups -OCH3 is 2. The van der Waals surface area contributed by atoms with Crippen LogP contribution in [0.1, 0.15) is 67.2 Å². The van der Waals surface area contributed by atoms with E-state index in [1.807, 2.05) is 41.5 Å². The Morgan fingerprint density at radius 2 is 1.04 bits per heavy atom. The van der Waals surface area contributed by atoms with E-state index < -0.39 is 11.8 Å². The van der Waals surface area contributed by atoms with Crippen LogP contribution < -0.4 is 0 Å². The standard InChI is InChI=1S/C24H34O4/c1-9-11-21(23(25)27-7)19(15-17(3)4)13-14-20(16-18(5)6)22(12-10-2)24(26)28-8/h21-22H,9-12H2,1-8H3. The molecule has 154 valence electrons. The van der Waals surface area contributed by atoms with E-state index in [-0.39, 0.29) is 11.9 Å². The minimum absolute atomic E-state index is 0.328. The van der Waals surface area contributed by atoms with E-state index in [9.17, 15) is 9.59 Å². The first-order valence-electron chi connectivity index (χ1n) is 9.77. The monoisotopic (exact) mass is 386 g/mol. The van der Waals surface area contributed by atoms with Crippen LogP contribution in [-0.2, 0) is 19.1 Å². The van der Waals surface area contributed by atoms with Crippen LogP contribution >= 0.6 is 0 Å². The summed E-state index contributed by atoms with van der Waals surface area (Å²) < 4.78 is 9.93. The Morgan fingerprint density at radius 1 is 0.714 bits per heavy atom. The Bertz CT molecular complexity index is 675. The lowest BCUT2D eigenvalue weighted by molar-refractivity contribution is -0.145. The highest BCUT2D eigenvalue weighted by atomic mass is 16.5. The third kappa shape index (κ3) is 8.96. The molecule has 0 rings (SSSR count). The lowest BCUT2D eigenvalue weighted by Gasteiger charge is -2.14. The van der Waals surface area contributed by atoms with E-state index in [1.165, 1.54) is 14.2 Å². The van der Waals surface area contributed by atoms with Crippen LogP contribution in [0.3, 0.4) is 0 Å². The van der Waals surface area contributed by atoms with E-state index in [2.05, 4.69) is 23.3 Å². The first-order valence-corrected chi connectivity index (χ1v) is 9.77. The van der Waals surface area contributed by atoms with E-state index in [0.29, 0.717) is 24.0 Å². The van der Waals surface area contributed by atoms with Gasteiger partial charge in [0.05, 0.1) is 37.2 Å². The van der Waals surface area contributed by atoms with Crippen LogP contribution in [0.5, 0.6) is 0 Å². The minimum Gasteiger partial charge on any atom is -0.469 e. The molecule has 4 nitrogen and oxygen atoms in total. The minimum atomic E-state index is -0.479. The molecule has 0 heterocycles. The summed E-state index contributed by atoms with van der Waals surface area (Å²) in [6.07, 6.45) is 2.86. The van der Waals surface area contributed by atoms with Crippen LogP contribution in [-0.4, -0.2) is 26.2 Å². The molecule has 0 spiro atoms. The van der Waals surface area contributed by atoms with Gasteiger partial charge in [-0.3, -0.25) is 9.59 Å². The Hall–Kier alpha value is -2.46. The molecule has 0 amide bonds. The van der Waals surface area contributed by atoms with Crippen molar-refractivity contribution in [3.63, 3.8) is 0 Å². The van der Waals surface area contributed by atoms with Gasteiger partial charge in [0.25, 0.3) is 0 Å². The average molecular weight is 387 g/mol. The quantitative estimate of drug-likeness (QED) is 0.329. The molecule has 2 atom stereocenters. The van der Waals surface area contributed by atoms with E-state index >= 15 is 0 Å². The van der Waals surface area contributed by atoms with Crippen LogP contribution in [0, 0.1) is 23.7 Å². The highest BCUT2D eigenvalue weighted by Gasteiger charge is 2.24. The summed E-state index contributed by atoms with van der Waals surface area (Å²) in [5.74, 6) is 4.56. The fourth-order valence-electron chi connectivity index (χ4n) is 2.71. The summed E-state index contributed by atoms with van der Waals surface area (Å²) in [6.45, 7) is 11.6. The molecule has 0 aliphatic rings. The lowest BCUT2D eigenvalue weighted by atomic mass is 9.91. The molecule has 0 N–H and O–H groups in total. The SMILES string of the molecule is CCCC(C(=O)OC)C(=C=C(C)C)C#CC(=C=C(C)C)C(CCC)C(=O)OC. The van der Waals surface area contributed by atoms with Crippen molar-refractivity contribution in [3.05, 3.63) is 33.8 Å². The summed E-state index contributed by atoms with van der Waals surface area (Å²) in [5.41, 5.74) is 9.37. The molecule has 0 aliphatic carbocycles. The van der Waals surface area contributed by atoms with Gasteiger partial charge in [-0.1, -0.05) is 38.5 Å². The van der Waals surface area contributed by atoms with Gasteiger partial charge in [-0.25, -0.2) is 0 Å². The number of esters is 2. The van der Waals surface area contributed by atoms with Gasteiger partial charge in [-0.2, -0.15) is 0 Å². The maximum absolute atomic E-state index is 12.3. The fraction of sp³-hybridized carbons (Fsp3) is 0.583. The zero-order valence-corrected chi connectivity index (χ0v) is 18.6. The maximum atomic E-state index is 12.3. The first kappa shape index (κ1) is 25.5. The fourth-order valence-corrected chi connectivity index (χ4v) is 2.71. The number of hydrogen-bond donors (Lipinski definition) is 0. The number of hydrogen-bond acceptors (Lipinski definition) is 4. The van der Waals surface area contributed by atoms with E-state index in [1.54, 1.807) is 0 Å². The topological polar surface area (TPSA) is 52.6 Å². The zero-order valence-electron chi connectivity index (χ0n) is 18.6. The molecule has 0 aliphatic heterocycles. The number of ether oxygens (including phenoxy) is 2. The van der Waals surface area contributed by atoms with Gasteiger partial charge in [-0.15, -0.1) is 11.5 Å². The third-order valence-electron chi connectivity index (χ3n) is 3.92.